The van der Waals surface area contributed by atoms with Crippen LogP contribution in [-0.4, -0.2) is 45.7 Å². The number of nitrogens with zero attached hydrogens (tertiary/aromatic N) is 1. The van der Waals surface area contributed by atoms with E-state index in [1.807, 2.05) is 0 Å². The van der Waals surface area contributed by atoms with Crippen molar-refractivity contribution in [2.75, 3.05) is 20.7 Å². The topological polar surface area (TPSA) is 75.7 Å². The highest BCUT2D eigenvalue weighted by Gasteiger charge is 2.29. The molecule has 1 rings (SSSR count). The molecular weight excluding hydrogens is 333 g/mol. The average Bonchev–Trinajstić information content (AvgIpc) is 2.82. The van der Waals surface area contributed by atoms with Crippen LogP contribution in [0.1, 0.15) is 4.88 Å². The maximum Gasteiger partial charge on any atom is 0.422 e. The maximum absolute atomic E-state index is 11.8. The van der Waals surface area contributed by atoms with Crippen molar-refractivity contribution in [3.63, 3.8) is 0 Å². The fraction of sp³-hybridized carbons (Fsp3) is 0.500. The smallest absolute Gasteiger partial charge is 0.422 e. The summed E-state index contributed by atoms with van der Waals surface area (Å²) in [5.74, 6) is 0. The van der Waals surface area contributed by atoms with E-state index in [2.05, 4.69) is 10.1 Å². The van der Waals surface area contributed by atoms with Crippen LogP contribution in [0.4, 0.5) is 18.0 Å². The van der Waals surface area contributed by atoms with Gasteiger partial charge in [0.25, 0.3) is 10.0 Å². The van der Waals surface area contributed by atoms with Crippen molar-refractivity contribution in [3.8, 4) is 0 Å². The van der Waals surface area contributed by atoms with E-state index >= 15 is 0 Å². The summed E-state index contributed by atoms with van der Waals surface area (Å²) in [6.07, 6.45) is -5.81. The Labute approximate surface area is 123 Å². The number of halogens is 3. The lowest BCUT2D eigenvalue weighted by atomic mass is 10.5. The molecule has 1 aromatic rings. The van der Waals surface area contributed by atoms with E-state index in [0.717, 1.165) is 15.6 Å². The van der Waals surface area contributed by atoms with E-state index in [4.69, 9.17) is 0 Å². The first-order valence-corrected chi connectivity index (χ1v) is 7.76. The van der Waals surface area contributed by atoms with Crippen molar-refractivity contribution in [1.29, 1.82) is 0 Å². The molecule has 0 atom stereocenters. The highest BCUT2D eigenvalue weighted by Crippen LogP contribution is 2.23. The molecule has 0 bridgehead atoms. The molecule has 0 spiro atoms. The van der Waals surface area contributed by atoms with Crippen molar-refractivity contribution in [2.45, 2.75) is 16.9 Å². The Kier molecular flexibility index (Phi) is 5.59. The fourth-order valence-corrected chi connectivity index (χ4v) is 3.59. The van der Waals surface area contributed by atoms with Crippen LogP contribution in [0.5, 0.6) is 0 Å². The zero-order chi connectivity index (χ0) is 16.3. The predicted octanol–water partition coefficient (Wildman–Crippen LogP) is 1.79. The van der Waals surface area contributed by atoms with Crippen LogP contribution in [0.15, 0.2) is 16.3 Å². The summed E-state index contributed by atoms with van der Waals surface area (Å²) in [7, 11) is -0.812. The van der Waals surface area contributed by atoms with Gasteiger partial charge in [0.05, 0.1) is 6.54 Å². The second-order valence-electron chi connectivity index (χ2n) is 4.05. The van der Waals surface area contributed by atoms with Gasteiger partial charge < -0.3 is 10.1 Å². The molecule has 0 saturated heterocycles. The number of alkyl halides is 3. The van der Waals surface area contributed by atoms with Gasteiger partial charge in [-0.2, -0.15) is 13.2 Å². The van der Waals surface area contributed by atoms with Gasteiger partial charge in [-0.3, -0.25) is 0 Å². The summed E-state index contributed by atoms with van der Waals surface area (Å²) >= 11 is 0.912. The first-order valence-electron chi connectivity index (χ1n) is 5.51. The number of alkyl carbamates (subject to hydrolysis) is 1. The SMILES string of the molecule is CN(C)S(=O)(=O)c1ccc(CNC(=O)OCC(F)(F)F)s1. The van der Waals surface area contributed by atoms with E-state index in [-0.39, 0.29) is 10.8 Å². The third kappa shape index (κ3) is 5.52. The molecule has 0 fully saturated rings. The zero-order valence-corrected chi connectivity index (χ0v) is 12.7. The maximum atomic E-state index is 11.8. The van der Waals surface area contributed by atoms with Crippen LogP contribution in [0.3, 0.4) is 0 Å². The summed E-state index contributed by atoms with van der Waals surface area (Å²) in [6.45, 7) is -1.80. The third-order valence-electron chi connectivity index (χ3n) is 2.15. The minimum atomic E-state index is -4.59. The van der Waals surface area contributed by atoms with Gasteiger partial charge in [-0.05, 0) is 12.1 Å². The Morgan fingerprint density at radius 1 is 1.38 bits per heavy atom. The van der Waals surface area contributed by atoms with E-state index in [1.165, 1.54) is 26.2 Å². The lowest BCUT2D eigenvalue weighted by molar-refractivity contribution is -0.160. The molecule has 0 aliphatic heterocycles. The van der Waals surface area contributed by atoms with E-state index in [9.17, 15) is 26.4 Å². The quantitative estimate of drug-likeness (QED) is 0.882. The monoisotopic (exact) mass is 346 g/mol. The molecule has 120 valence electrons. The lowest BCUT2D eigenvalue weighted by Crippen LogP contribution is -2.28. The van der Waals surface area contributed by atoms with Gasteiger partial charge in [0.1, 0.15) is 4.21 Å². The van der Waals surface area contributed by atoms with E-state index in [0.29, 0.717) is 4.88 Å². The Hall–Kier alpha value is -1.33. The van der Waals surface area contributed by atoms with Gasteiger partial charge in [-0.25, -0.2) is 17.5 Å². The molecule has 1 N–H and O–H groups in total. The molecule has 0 saturated carbocycles. The number of hydrogen-bond donors (Lipinski definition) is 1. The number of nitrogens with one attached hydrogen (secondary N) is 1. The van der Waals surface area contributed by atoms with Crippen LogP contribution >= 0.6 is 11.3 Å². The number of hydrogen-bond acceptors (Lipinski definition) is 5. The summed E-state index contributed by atoms with van der Waals surface area (Å²) < 4.78 is 64.1. The first-order chi connectivity index (χ1) is 9.52. The van der Waals surface area contributed by atoms with Gasteiger partial charge in [0.15, 0.2) is 6.61 Å². The Morgan fingerprint density at radius 2 is 2.00 bits per heavy atom. The van der Waals surface area contributed by atoms with E-state index < -0.39 is 28.9 Å². The minimum absolute atomic E-state index is 0.0768. The Bertz CT molecular complexity index is 596. The third-order valence-corrected chi connectivity index (χ3v) is 5.51. The van der Waals surface area contributed by atoms with E-state index in [1.54, 1.807) is 0 Å². The molecule has 0 aromatic carbocycles. The van der Waals surface area contributed by atoms with Crippen LogP contribution in [-0.2, 0) is 21.3 Å². The average molecular weight is 346 g/mol. The number of thiophene rings is 1. The van der Waals surface area contributed by atoms with Crippen LogP contribution < -0.4 is 5.32 Å². The lowest BCUT2D eigenvalue weighted by Gasteiger charge is -2.09. The highest BCUT2D eigenvalue weighted by molar-refractivity contribution is 7.91. The first kappa shape index (κ1) is 17.7. The molecule has 0 unspecified atom stereocenters. The van der Waals surface area contributed by atoms with Gasteiger partial charge in [-0.15, -0.1) is 11.3 Å². The molecule has 0 aliphatic rings. The predicted molar refractivity (Wildman–Crippen MR) is 69.4 cm³/mol. The second kappa shape index (κ2) is 6.62. The number of carbonyl (C=O) groups excluding carboxylic acids is 1. The minimum Gasteiger partial charge on any atom is -0.440 e. The summed E-state index contributed by atoms with van der Waals surface area (Å²) in [4.78, 5) is 11.5. The van der Waals surface area contributed by atoms with Crippen molar-refractivity contribution < 1.29 is 31.1 Å². The number of sulfonamides is 1. The van der Waals surface area contributed by atoms with Crippen molar-refractivity contribution >= 4 is 27.5 Å². The van der Waals surface area contributed by atoms with Gasteiger partial charge >= 0.3 is 12.3 Å². The van der Waals surface area contributed by atoms with Crippen LogP contribution in [0, 0.1) is 0 Å². The molecule has 0 aliphatic carbocycles. The number of carbonyl (C=O) groups is 1. The zero-order valence-electron chi connectivity index (χ0n) is 11.1. The summed E-state index contributed by atoms with van der Waals surface area (Å²) in [5.41, 5.74) is 0. The fourth-order valence-electron chi connectivity index (χ4n) is 1.13. The Balaban J connectivity index is 2.55. The van der Waals surface area contributed by atoms with Gasteiger partial charge in [0.2, 0.25) is 0 Å². The number of ether oxygens (including phenoxy) is 1. The van der Waals surface area contributed by atoms with Crippen molar-refractivity contribution in [3.05, 3.63) is 17.0 Å². The highest BCUT2D eigenvalue weighted by atomic mass is 32.2. The summed E-state index contributed by atoms with van der Waals surface area (Å²) in [5, 5.41) is 2.11. The van der Waals surface area contributed by atoms with Crippen LogP contribution in [0.2, 0.25) is 0 Å². The molecule has 6 nitrogen and oxygen atoms in total. The normalized spacial score (nSPS) is 12.5. The molecule has 11 heteroatoms. The van der Waals surface area contributed by atoms with Gasteiger partial charge in [-0.1, -0.05) is 0 Å². The standard InChI is InChI=1S/C10H13F3N2O4S2/c1-15(2)21(17,18)8-4-3-7(20-8)5-14-9(16)19-6-10(11,12)13/h3-4H,5-6H2,1-2H3,(H,14,16). The molecule has 1 aromatic heterocycles. The molecule has 1 amide bonds. The number of rotatable bonds is 5. The Morgan fingerprint density at radius 3 is 2.52 bits per heavy atom. The molecule has 0 radical (unpaired) electrons. The second-order valence-corrected chi connectivity index (χ2v) is 7.60. The molecular formula is C10H13F3N2O4S2. The van der Waals surface area contributed by atoms with Crippen LogP contribution in [0.25, 0.3) is 0 Å². The molecule has 21 heavy (non-hydrogen) atoms. The number of amides is 1. The van der Waals surface area contributed by atoms with Gasteiger partial charge in [0, 0.05) is 19.0 Å². The van der Waals surface area contributed by atoms with Crippen molar-refractivity contribution in [1.82, 2.24) is 9.62 Å². The summed E-state index contributed by atoms with van der Waals surface area (Å²) in [6, 6.07) is 2.82. The largest absolute Gasteiger partial charge is 0.440 e. The van der Waals surface area contributed by atoms with Crippen molar-refractivity contribution in [2.24, 2.45) is 0 Å². The molecule has 1 heterocycles.